The summed E-state index contributed by atoms with van der Waals surface area (Å²) in [4.78, 5) is 16.7. The van der Waals surface area contributed by atoms with Crippen LogP contribution in [0.4, 0.5) is 0 Å². The first kappa shape index (κ1) is 28.6. The van der Waals surface area contributed by atoms with Crippen molar-refractivity contribution in [2.75, 3.05) is 0 Å². The maximum Gasteiger partial charge on any atom is 0.153 e. The number of furan rings is 2. The minimum atomic E-state index is 0.700. The van der Waals surface area contributed by atoms with Crippen LogP contribution in [0.25, 0.3) is 55.4 Å². The van der Waals surface area contributed by atoms with Crippen LogP contribution in [0.15, 0.2) is 131 Å². The van der Waals surface area contributed by atoms with Gasteiger partial charge in [-0.2, -0.15) is 18.2 Å². The minimum Gasteiger partial charge on any atom is -0.454 e. The molecule has 0 aliphatic heterocycles. The van der Waals surface area contributed by atoms with E-state index in [-0.39, 0.29) is 0 Å². The second-order valence-electron chi connectivity index (χ2n) is 8.43. The fourth-order valence-electron chi connectivity index (χ4n) is 4.14. The maximum atomic E-state index is 5.91. The number of rotatable bonds is 1. The van der Waals surface area contributed by atoms with Crippen molar-refractivity contribution in [1.82, 2.24) is 19.9 Å². The van der Waals surface area contributed by atoms with Gasteiger partial charge in [0.2, 0.25) is 0 Å². The van der Waals surface area contributed by atoms with Crippen LogP contribution in [0.5, 0.6) is 0 Å². The van der Waals surface area contributed by atoms with Gasteiger partial charge < -0.3 is 13.8 Å². The van der Waals surface area contributed by atoms with Crippen LogP contribution in [0.3, 0.4) is 0 Å². The molecule has 196 valence electrons. The van der Waals surface area contributed by atoms with Gasteiger partial charge in [0.05, 0.1) is 5.69 Å². The predicted octanol–water partition coefficient (Wildman–Crippen LogP) is 9.40. The second-order valence-corrected chi connectivity index (χ2v) is 8.87. The van der Waals surface area contributed by atoms with E-state index in [4.69, 9.17) is 20.4 Å². The van der Waals surface area contributed by atoms with Crippen molar-refractivity contribution in [2.24, 2.45) is 0 Å². The van der Waals surface area contributed by atoms with Gasteiger partial charge in [0, 0.05) is 39.9 Å². The molecule has 9 heteroatoms. The Morgan fingerprint density at radius 3 is 1.80 bits per heavy atom. The Morgan fingerprint density at radius 1 is 0.610 bits per heavy atom. The van der Waals surface area contributed by atoms with E-state index in [0.29, 0.717) is 5.02 Å². The van der Waals surface area contributed by atoms with Crippen LogP contribution in [0.2, 0.25) is 5.02 Å². The van der Waals surface area contributed by atoms with Gasteiger partial charge in [-0.25, -0.2) is 0 Å². The van der Waals surface area contributed by atoms with Gasteiger partial charge in [0.15, 0.2) is 11.2 Å². The van der Waals surface area contributed by atoms with Crippen molar-refractivity contribution in [2.45, 2.75) is 0 Å². The normalized spacial score (nSPS) is 10.3. The van der Waals surface area contributed by atoms with E-state index in [1.165, 1.54) is 16.3 Å². The second kappa shape index (κ2) is 14.1. The van der Waals surface area contributed by atoms with Gasteiger partial charge in [-0.05, 0) is 72.8 Å². The zero-order valence-corrected chi connectivity index (χ0v) is 26.9. The Kier molecular flexibility index (Phi) is 9.81. The summed E-state index contributed by atoms with van der Waals surface area (Å²) < 4.78 is 11.3. The topological polar surface area (TPSA) is 77.8 Å². The molecule has 2 aromatic carbocycles. The Morgan fingerprint density at radius 2 is 1.24 bits per heavy atom. The van der Waals surface area contributed by atoms with Crippen molar-refractivity contribution in [3.05, 3.63) is 133 Å². The molecule has 6 nitrogen and oxygen atoms in total. The van der Waals surface area contributed by atoms with Gasteiger partial charge in [0.25, 0.3) is 0 Å². The summed E-state index contributed by atoms with van der Waals surface area (Å²) >= 11 is 10.2. The van der Waals surface area contributed by atoms with Crippen LogP contribution in [-0.2, 0) is 16.3 Å². The molecule has 0 N–H and O–H groups in total. The summed E-state index contributed by atoms with van der Waals surface area (Å²) in [6.45, 7) is 0. The van der Waals surface area contributed by atoms with E-state index < -0.39 is 0 Å². The number of fused-ring (bicyclic) bond motifs is 6. The molecule has 0 amide bonds. The third-order valence-corrected chi connectivity index (χ3v) is 6.13. The summed E-state index contributed by atoms with van der Waals surface area (Å²) in [5.41, 5.74) is 7.08. The fraction of sp³-hybridized carbons (Fsp3) is 0. The molecule has 8 rings (SSSR count). The van der Waals surface area contributed by atoms with Crippen molar-refractivity contribution < 1.29 is 25.2 Å². The summed E-state index contributed by atoms with van der Waals surface area (Å²) in [6, 6.07) is 30.6. The maximum absolute atomic E-state index is 5.91. The molecular formula is C32H20BrClN4O2Zn. The van der Waals surface area contributed by atoms with Crippen molar-refractivity contribution >= 4 is 69.4 Å². The Bertz CT molecular complexity index is 1970. The minimum absolute atomic E-state index is 0.700. The average molecular weight is 673 g/mol. The fourth-order valence-corrected chi connectivity index (χ4v) is 4.31. The first-order valence-electron chi connectivity index (χ1n) is 12.4. The Labute approximate surface area is 257 Å². The van der Waals surface area contributed by atoms with Crippen LogP contribution in [-0.4, -0.2) is 19.9 Å². The number of halogens is 2. The van der Waals surface area contributed by atoms with E-state index in [1.54, 1.807) is 30.9 Å². The van der Waals surface area contributed by atoms with Gasteiger partial charge >= 0.3 is 30.0 Å². The van der Waals surface area contributed by atoms with Gasteiger partial charge in [-0.1, -0.05) is 30.1 Å². The molecular weight excluding hydrogens is 653 g/mol. The molecule has 0 saturated heterocycles. The third kappa shape index (κ3) is 6.85. The molecule has 41 heavy (non-hydrogen) atoms. The summed E-state index contributed by atoms with van der Waals surface area (Å²) in [7, 11) is 0. The molecule has 0 saturated carbocycles. The number of aromatic nitrogens is 4. The molecule has 0 spiro atoms. The number of nitrogens with zero attached hydrogens (tertiary/aromatic N) is 4. The van der Waals surface area contributed by atoms with Crippen LogP contribution in [0, 0.1) is 6.20 Å². The first-order chi connectivity index (χ1) is 20.3. The van der Waals surface area contributed by atoms with Gasteiger partial charge in [0.1, 0.15) is 22.2 Å². The quantitative estimate of drug-likeness (QED) is 0.128. The molecule has 0 aliphatic carbocycles. The average Bonchev–Trinajstić information content (AvgIpc) is 3.61. The van der Waals surface area contributed by atoms with Gasteiger partial charge in [-0.15, -0.1) is 0 Å². The molecule has 6 aromatic heterocycles. The number of benzene rings is 2. The standard InChI is InChI=1S/C16H10N2O.C11H6ClNO.C5H4N.BrH.Zn/c1-2-8-17-13(4-1)11-6-7-14-12(10-11)16-15(19-14)5-3-9-18-16;12-7-3-4-9-8(6-7)11-10(14-9)2-1-5-13-11;1-2-4-6-5-3-1;;/h1-10H;1-6H;1-4H;1H;/q;;-1;;+2/p-1. The third-order valence-electron chi connectivity index (χ3n) is 5.89. The molecule has 0 atom stereocenters. The molecule has 0 unspecified atom stereocenters. The van der Waals surface area contributed by atoms with Crippen LogP contribution in [0.1, 0.15) is 0 Å². The monoisotopic (exact) mass is 670 g/mol. The van der Waals surface area contributed by atoms with E-state index >= 15 is 0 Å². The molecule has 6 heterocycles. The molecule has 0 aliphatic rings. The number of hydrogen-bond donors (Lipinski definition) is 0. The summed E-state index contributed by atoms with van der Waals surface area (Å²) in [5.74, 6) is 0. The Balaban J connectivity index is 0.000000134. The van der Waals surface area contributed by atoms with E-state index in [0.717, 1.165) is 55.4 Å². The predicted molar refractivity (Wildman–Crippen MR) is 163 cm³/mol. The largest absolute Gasteiger partial charge is 0.454 e. The summed E-state index contributed by atoms with van der Waals surface area (Å²) in [6.07, 6.45) is 9.66. The van der Waals surface area contributed by atoms with Crippen LogP contribution < -0.4 is 0 Å². The molecule has 0 bridgehead atoms. The molecule has 0 fully saturated rings. The molecule has 8 aromatic rings. The van der Waals surface area contributed by atoms with Crippen molar-refractivity contribution in [1.29, 1.82) is 0 Å². The number of pyridine rings is 4. The van der Waals surface area contributed by atoms with Gasteiger partial charge in [-0.3, -0.25) is 15.0 Å². The first-order valence-corrected chi connectivity index (χ1v) is 19.7. The van der Waals surface area contributed by atoms with Crippen molar-refractivity contribution in [3.8, 4) is 11.3 Å². The SMILES string of the molecule is Clc1ccc2oc3cccnc3c2c1.[Zn+][Br].[c-]1ccccn1.c1ccc(-c2ccc3oc4cccnc4c3c2)nc1. The molecule has 0 radical (unpaired) electrons. The summed E-state index contributed by atoms with van der Waals surface area (Å²) in [5, 5.41) is 2.69. The van der Waals surface area contributed by atoms with Crippen molar-refractivity contribution in [3.63, 3.8) is 0 Å². The van der Waals surface area contributed by atoms with E-state index in [1.807, 2.05) is 84.9 Å². The van der Waals surface area contributed by atoms with E-state index in [2.05, 4.69) is 45.8 Å². The Hall–Kier alpha value is -3.97. The number of hydrogen-bond acceptors (Lipinski definition) is 6. The smallest absolute Gasteiger partial charge is 0.153 e. The van der Waals surface area contributed by atoms with Crippen LogP contribution >= 0.6 is 25.2 Å². The van der Waals surface area contributed by atoms with E-state index in [9.17, 15) is 0 Å². The zero-order chi connectivity index (χ0) is 28.4. The zero-order valence-electron chi connectivity index (χ0n) is 21.6.